The zero-order chi connectivity index (χ0) is 34.0. The minimum absolute atomic E-state index is 0.0367. The molecule has 0 aromatic heterocycles. The van der Waals surface area contributed by atoms with E-state index >= 15 is 0 Å². The number of nitrogens with one attached hydrogen (secondary N) is 1. The molecule has 3 N–H and O–H groups in total. The number of aldehydes is 1. The molecule has 2 amide bonds. The van der Waals surface area contributed by atoms with Crippen molar-refractivity contribution >= 4 is 18.1 Å². The summed E-state index contributed by atoms with van der Waals surface area (Å²) in [6.07, 6.45) is 1.46. The second-order valence-corrected chi connectivity index (χ2v) is 14.3. The van der Waals surface area contributed by atoms with Crippen LogP contribution in [0, 0.1) is 23.2 Å². The minimum atomic E-state index is -4.58. The van der Waals surface area contributed by atoms with Gasteiger partial charge in [-0.25, -0.2) is 0 Å². The van der Waals surface area contributed by atoms with Gasteiger partial charge < -0.3 is 29.9 Å². The van der Waals surface area contributed by atoms with Crippen LogP contribution in [0.2, 0.25) is 0 Å². The molecule has 4 bridgehead atoms. The SMILES string of the molecule is COc1cc(C=O)cc2c1O[C@@H]1[C@@H](O)[C@H](N(CC34CC5CC(CC(C5)C3)C4)C(=O)c3ccc(C(F)(F)F)cc3)C=C(C(=O)NCCO)[C@H]21. The van der Waals surface area contributed by atoms with Gasteiger partial charge in [-0.1, -0.05) is 0 Å². The summed E-state index contributed by atoms with van der Waals surface area (Å²) in [4.78, 5) is 41.6. The van der Waals surface area contributed by atoms with Gasteiger partial charge in [0.1, 0.15) is 18.5 Å². The molecule has 5 aliphatic carbocycles. The summed E-state index contributed by atoms with van der Waals surface area (Å²) < 4.78 is 52.1. The summed E-state index contributed by atoms with van der Waals surface area (Å²) in [6.45, 7) is -0.101. The first-order valence-corrected chi connectivity index (χ1v) is 16.5. The number of halogens is 3. The first-order chi connectivity index (χ1) is 22.9. The quantitative estimate of drug-likeness (QED) is 0.336. The molecule has 1 heterocycles. The van der Waals surface area contributed by atoms with Gasteiger partial charge in [0.2, 0.25) is 5.91 Å². The number of hydrogen-bond donors (Lipinski definition) is 3. The van der Waals surface area contributed by atoms with Crippen LogP contribution in [0.1, 0.15) is 76.3 Å². The number of aliphatic hydroxyl groups is 2. The van der Waals surface area contributed by atoms with E-state index in [1.54, 1.807) is 12.1 Å². The lowest BCUT2D eigenvalue weighted by molar-refractivity contribution is -0.137. The lowest BCUT2D eigenvalue weighted by atomic mass is 9.49. The maximum absolute atomic E-state index is 14.5. The number of methoxy groups -OCH3 is 1. The minimum Gasteiger partial charge on any atom is -0.493 e. The largest absolute Gasteiger partial charge is 0.493 e. The predicted molar refractivity (Wildman–Crippen MR) is 167 cm³/mol. The highest BCUT2D eigenvalue weighted by Gasteiger charge is 2.55. The number of hydrogen-bond acceptors (Lipinski definition) is 7. The number of benzene rings is 2. The number of ether oxygens (including phenoxy) is 2. The van der Waals surface area contributed by atoms with Gasteiger partial charge in [0, 0.05) is 35.4 Å². The Morgan fingerprint density at radius 1 is 1.08 bits per heavy atom. The number of nitrogens with zero attached hydrogens (tertiary/aromatic N) is 1. The van der Waals surface area contributed by atoms with E-state index < -0.39 is 47.7 Å². The fourth-order valence-corrected chi connectivity index (χ4v) is 9.68. The van der Waals surface area contributed by atoms with Crippen LogP contribution in [0.4, 0.5) is 13.2 Å². The Hall–Kier alpha value is -3.90. The molecule has 0 radical (unpaired) electrons. The molecule has 6 aliphatic rings. The molecule has 1 aliphatic heterocycles. The Balaban J connectivity index is 1.32. The molecular formula is C36H39F3N2O7. The first-order valence-electron chi connectivity index (χ1n) is 16.5. The summed E-state index contributed by atoms with van der Waals surface area (Å²) in [7, 11) is 1.41. The maximum atomic E-state index is 14.5. The Morgan fingerprint density at radius 3 is 2.29 bits per heavy atom. The average Bonchev–Trinajstić information content (AvgIpc) is 3.45. The fraction of sp³-hybridized carbons (Fsp3) is 0.528. The summed E-state index contributed by atoms with van der Waals surface area (Å²) >= 11 is 0. The summed E-state index contributed by atoms with van der Waals surface area (Å²) in [5.74, 6) is 0.215. The Bertz CT molecular complexity index is 1600. The monoisotopic (exact) mass is 668 g/mol. The fourth-order valence-electron chi connectivity index (χ4n) is 9.68. The highest BCUT2D eigenvalue weighted by Crippen LogP contribution is 2.61. The van der Waals surface area contributed by atoms with Gasteiger partial charge in [0.15, 0.2) is 11.5 Å². The van der Waals surface area contributed by atoms with Gasteiger partial charge >= 0.3 is 6.18 Å². The van der Waals surface area contributed by atoms with Crippen molar-refractivity contribution in [1.82, 2.24) is 10.2 Å². The van der Waals surface area contributed by atoms with Crippen LogP contribution in [-0.2, 0) is 11.0 Å². The molecule has 8 rings (SSSR count). The number of carbonyl (C=O) groups excluding carboxylic acids is 3. The van der Waals surface area contributed by atoms with Crippen LogP contribution in [0.3, 0.4) is 0 Å². The highest BCUT2D eigenvalue weighted by atomic mass is 19.4. The van der Waals surface area contributed by atoms with E-state index in [-0.39, 0.29) is 53.3 Å². The molecule has 12 heteroatoms. The molecule has 2 aromatic carbocycles. The van der Waals surface area contributed by atoms with Crippen LogP contribution in [0.25, 0.3) is 0 Å². The van der Waals surface area contributed by atoms with E-state index in [0.717, 1.165) is 62.8 Å². The Labute approximate surface area is 276 Å². The maximum Gasteiger partial charge on any atom is 0.416 e. The van der Waals surface area contributed by atoms with Crippen molar-refractivity contribution in [3.05, 3.63) is 70.3 Å². The lowest BCUT2D eigenvalue weighted by Crippen LogP contribution is -2.59. The van der Waals surface area contributed by atoms with Gasteiger partial charge in [-0.2, -0.15) is 13.2 Å². The van der Waals surface area contributed by atoms with Gasteiger partial charge in [0.05, 0.1) is 31.2 Å². The summed E-state index contributed by atoms with van der Waals surface area (Å²) in [5, 5.41) is 24.3. The third-order valence-electron chi connectivity index (χ3n) is 11.2. The van der Waals surface area contributed by atoms with E-state index in [9.17, 15) is 37.8 Å². The van der Waals surface area contributed by atoms with Crippen molar-refractivity contribution in [2.45, 2.75) is 68.9 Å². The van der Waals surface area contributed by atoms with Crippen LogP contribution in [0.15, 0.2) is 48.0 Å². The molecule has 0 unspecified atom stereocenters. The molecule has 0 spiro atoms. The number of aliphatic hydroxyl groups excluding tert-OH is 2. The third-order valence-corrected chi connectivity index (χ3v) is 11.2. The van der Waals surface area contributed by atoms with Gasteiger partial charge in [-0.05, 0) is 104 Å². The zero-order valence-electron chi connectivity index (χ0n) is 26.5. The van der Waals surface area contributed by atoms with Gasteiger partial charge in [-0.15, -0.1) is 0 Å². The molecule has 256 valence electrons. The van der Waals surface area contributed by atoms with Crippen molar-refractivity contribution in [3.8, 4) is 11.5 Å². The van der Waals surface area contributed by atoms with Crippen molar-refractivity contribution < 1.29 is 47.2 Å². The van der Waals surface area contributed by atoms with Crippen LogP contribution in [0.5, 0.6) is 11.5 Å². The molecule has 2 aromatic rings. The molecule has 9 nitrogen and oxygen atoms in total. The number of carbonyl (C=O) groups is 3. The highest BCUT2D eigenvalue weighted by molar-refractivity contribution is 5.98. The predicted octanol–water partition coefficient (Wildman–Crippen LogP) is 4.51. The van der Waals surface area contributed by atoms with Gasteiger partial charge in [0.25, 0.3) is 5.91 Å². The molecule has 4 fully saturated rings. The van der Waals surface area contributed by atoms with Gasteiger partial charge in [-0.3, -0.25) is 14.4 Å². The number of amides is 2. The van der Waals surface area contributed by atoms with Crippen LogP contribution in [-0.4, -0.2) is 78.3 Å². The van der Waals surface area contributed by atoms with E-state index in [0.29, 0.717) is 29.6 Å². The number of alkyl halides is 3. The van der Waals surface area contributed by atoms with Crippen LogP contribution < -0.4 is 14.8 Å². The van der Waals surface area contributed by atoms with Crippen molar-refractivity contribution in [1.29, 1.82) is 0 Å². The standard InChI is InChI=1S/C36H39F3N2O7/c1-47-28-12-22(17-43)11-25-29-26(33(45)40-6-7-42)13-27(30(44)32(29)48-31(25)28)41(34(46)23-2-4-24(5-3-23)36(37,38)39)18-35-14-19-8-20(15-35)10-21(9-19)16-35/h2-5,11-13,17,19-21,27,29-30,32,42,44H,6-10,14-16,18H2,1H3,(H,40,45)/t19?,20?,21?,27-,29+,30+,32+,35?/m1/s1. The van der Waals surface area contributed by atoms with E-state index in [1.807, 2.05) is 0 Å². The zero-order valence-corrected chi connectivity index (χ0v) is 26.5. The van der Waals surface area contributed by atoms with Crippen LogP contribution >= 0.6 is 0 Å². The molecule has 4 saturated carbocycles. The second kappa shape index (κ2) is 12.2. The molecule has 4 atom stereocenters. The van der Waals surface area contributed by atoms with Crippen molar-refractivity contribution in [2.24, 2.45) is 23.2 Å². The smallest absolute Gasteiger partial charge is 0.416 e. The van der Waals surface area contributed by atoms with E-state index in [2.05, 4.69) is 5.32 Å². The normalized spacial score (nSPS) is 31.3. The third kappa shape index (κ3) is 5.66. The number of rotatable bonds is 9. The molecule has 48 heavy (non-hydrogen) atoms. The van der Waals surface area contributed by atoms with Crippen molar-refractivity contribution in [3.63, 3.8) is 0 Å². The Morgan fingerprint density at radius 2 is 1.73 bits per heavy atom. The topological polar surface area (TPSA) is 125 Å². The second-order valence-electron chi connectivity index (χ2n) is 14.3. The average molecular weight is 669 g/mol. The molecular weight excluding hydrogens is 629 g/mol. The van der Waals surface area contributed by atoms with Crippen molar-refractivity contribution in [2.75, 3.05) is 26.8 Å². The first kappa shape index (κ1) is 32.6. The molecule has 0 saturated heterocycles. The lowest BCUT2D eigenvalue weighted by Gasteiger charge is -2.58. The number of fused-ring (bicyclic) bond motifs is 3. The summed E-state index contributed by atoms with van der Waals surface area (Å²) in [5.41, 5.74) is -0.135. The van der Waals surface area contributed by atoms with E-state index in [1.165, 1.54) is 18.1 Å². The summed E-state index contributed by atoms with van der Waals surface area (Å²) in [6, 6.07) is 6.06. The Kier molecular flexibility index (Phi) is 8.30. The van der Waals surface area contributed by atoms with E-state index in [4.69, 9.17) is 9.47 Å².